The van der Waals surface area contributed by atoms with Gasteiger partial charge in [-0.3, -0.25) is 4.79 Å². The Balaban J connectivity index is 2.21. The summed E-state index contributed by atoms with van der Waals surface area (Å²) < 4.78 is 51.7. The Kier molecular flexibility index (Phi) is 4.01. The second-order valence-corrected chi connectivity index (χ2v) is 5.15. The summed E-state index contributed by atoms with van der Waals surface area (Å²) in [5.41, 5.74) is -1.93. The van der Waals surface area contributed by atoms with E-state index >= 15 is 0 Å². The summed E-state index contributed by atoms with van der Waals surface area (Å²) in [7, 11) is 1.49. The molecule has 1 aromatic carbocycles. The summed E-state index contributed by atoms with van der Waals surface area (Å²) in [4.78, 5) is 13.3. The van der Waals surface area contributed by atoms with E-state index in [1.54, 1.807) is 0 Å². The van der Waals surface area contributed by atoms with Gasteiger partial charge in [-0.2, -0.15) is 13.2 Å². The van der Waals surface area contributed by atoms with Gasteiger partial charge in [-0.25, -0.2) is 4.39 Å². The summed E-state index contributed by atoms with van der Waals surface area (Å²) in [6.07, 6.45) is -1.69. The minimum atomic E-state index is -4.80. The van der Waals surface area contributed by atoms with Crippen molar-refractivity contribution < 1.29 is 22.4 Å². The van der Waals surface area contributed by atoms with Gasteiger partial charge in [0, 0.05) is 13.6 Å². The topological polar surface area (TPSA) is 20.3 Å². The van der Waals surface area contributed by atoms with E-state index in [-0.39, 0.29) is 0 Å². The molecule has 6 heteroatoms. The Morgan fingerprint density at radius 1 is 1.35 bits per heavy atom. The highest BCUT2D eigenvalue weighted by Gasteiger charge is 2.36. The van der Waals surface area contributed by atoms with Crippen molar-refractivity contribution in [2.24, 2.45) is 5.92 Å². The summed E-state index contributed by atoms with van der Waals surface area (Å²) in [6, 6.07) is 2.78. The zero-order chi connectivity index (χ0) is 14.9. The molecule has 0 spiro atoms. The molecule has 0 N–H and O–H groups in total. The quantitative estimate of drug-likeness (QED) is 0.777. The third kappa shape index (κ3) is 2.94. The van der Waals surface area contributed by atoms with E-state index in [0.29, 0.717) is 18.5 Å². The van der Waals surface area contributed by atoms with Crippen LogP contribution in [-0.2, 0) is 6.18 Å². The number of carbonyl (C=O) groups excluding carboxylic acids is 1. The lowest BCUT2D eigenvalue weighted by Crippen LogP contribution is -2.35. The SMILES string of the molecule is CN(CC1CCC1)C(=O)c1cccc(C(F)(F)F)c1F. The minimum absolute atomic E-state index is 0.373. The van der Waals surface area contributed by atoms with E-state index in [1.165, 1.54) is 11.9 Å². The Morgan fingerprint density at radius 3 is 2.50 bits per heavy atom. The van der Waals surface area contributed by atoms with Crippen LogP contribution in [0.5, 0.6) is 0 Å². The third-order valence-corrected chi connectivity index (χ3v) is 3.64. The summed E-state index contributed by atoms with van der Waals surface area (Å²) in [6.45, 7) is 0.453. The molecular formula is C14H15F4NO. The van der Waals surface area contributed by atoms with Crippen LogP contribution in [0.1, 0.15) is 35.2 Å². The predicted molar refractivity (Wildman–Crippen MR) is 65.7 cm³/mol. The summed E-state index contributed by atoms with van der Waals surface area (Å²) in [5, 5.41) is 0. The molecule has 1 amide bonds. The molecule has 20 heavy (non-hydrogen) atoms. The van der Waals surface area contributed by atoms with E-state index in [4.69, 9.17) is 0 Å². The van der Waals surface area contributed by atoms with E-state index < -0.39 is 29.0 Å². The van der Waals surface area contributed by atoms with Crippen molar-refractivity contribution in [2.75, 3.05) is 13.6 Å². The normalized spacial score (nSPS) is 15.8. The van der Waals surface area contributed by atoms with E-state index in [9.17, 15) is 22.4 Å². The van der Waals surface area contributed by atoms with Gasteiger partial charge in [0.25, 0.3) is 5.91 Å². The van der Waals surface area contributed by atoms with Gasteiger partial charge < -0.3 is 4.90 Å². The Labute approximate surface area is 114 Å². The Morgan fingerprint density at radius 2 is 2.00 bits per heavy atom. The number of hydrogen-bond acceptors (Lipinski definition) is 1. The first kappa shape index (κ1) is 14.8. The van der Waals surface area contributed by atoms with Gasteiger partial charge in [0.05, 0.1) is 11.1 Å². The average Bonchev–Trinajstić information content (AvgIpc) is 2.31. The molecule has 1 fully saturated rings. The number of benzene rings is 1. The van der Waals surface area contributed by atoms with Gasteiger partial charge in [0.2, 0.25) is 0 Å². The number of hydrogen-bond donors (Lipinski definition) is 0. The van der Waals surface area contributed by atoms with Crippen LogP contribution in [0.2, 0.25) is 0 Å². The molecule has 1 aromatic rings. The standard InChI is InChI=1S/C14H15F4NO/c1-19(8-9-4-2-5-9)13(20)10-6-3-7-11(12(10)15)14(16,17)18/h3,6-7,9H,2,4-5,8H2,1H3. The van der Waals surface area contributed by atoms with Crippen molar-refractivity contribution >= 4 is 5.91 Å². The molecule has 1 aliphatic carbocycles. The molecule has 110 valence electrons. The highest BCUT2D eigenvalue weighted by Crippen LogP contribution is 2.33. The molecule has 0 aromatic heterocycles. The highest BCUT2D eigenvalue weighted by molar-refractivity contribution is 5.94. The lowest BCUT2D eigenvalue weighted by atomic mass is 9.85. The van der Waals surface area contributed by atoms with Crippen LogP contribution in [-0.4, -0.2) is 24.4 Å². The maximum absolute atomic E-state index is 13.8. The van der Waals surface area contributed by atoms with E-state index in [1.807, 2.05) is 0 Å². The fourth-order valence-corrected chi connectivity index (χ4v) is 2.27. The van der Waals surface area contributed by atoms with Gasteiger partial charge in [0.15, 0.2) is 0 Å². The van der Waals surface area contributed by atoms with Gasteiger partial charge >= 0.3 is 6.18 Å². The van der Waals surface area contributed by atoms with Gasteiger partial charge in [0.1, 0.15) is 5.82 Å². The van der Waals surface area contributed by atoms with Crippen LogP contribution in [0.3, 0.4) is 0 Å². The van der Waals surface area contributed by atoms with Crippen LogP contribution < -0.4 is 0 Å². The monoisotopic (exact) mass is 289 g/mol. The zero-order valence-corrected chi connectivity index (χ0v) is 11.0. The first-order valence-corrected chi connectivity index (χ1v) is 6.42. The molecule has 2 nitrogen and oxygen atoms in total. The minimum Gasteiger partial charge on any atom is -0.341 e. The molecule has 1 saturated carbocycles. The number of rotatable bonds is 3. The number of alkyl halides is 3. The second kappa shape index (κ2) is 5.42. The van der Waals surface area contributed by atoms with Gasteiger partial charge in [-0.1, -0.05) is 12.5 Å². The third-order valence-electron chi connectivity index (χ3n) is 3.64. The lowest BCUT2D eigenvalue weighted by Gasteiger charge is -2.30. The Hall–Kier alpha value is -1.59. The predicted octanol–water partition coefficient (Wildman–Crippen LogP) is 3.72. The number of nitrogens with zero attached hydrogens (tertiary/aromatic N) is 1. The van der Waals surface area contributed by atoms with Crippen molar-refractivity contribution in [2.45, 2.75) is 25.4 Å². The van der Waals surface area contributed by atoms with Gasteiger partial charge in [-0.15, -0.1) is 0 Å². The van der Waals surface area contributed by atoms with Crippen molar-refractivity contribution in [3.05, 3.63) is 35.1 Å². The highest BCUT2D eigenvalue weighted by atomic mass is 19.4. The summed E-state index contributed by atoms with van der Waals surface area (Å²) in [5.74, 6) is -1.83. The Bertz CT molecular complexity index is 508. The van der Waals surface area contributed by atoms with Crippen molar-refractivity contribution in [1.29, 1.82) is 0 Å². The number of halogens is 4. The average molecular weight is 289 g/mol. The van der Waals surface area contributed by atoms with Crippen LogP contribution in [0.4, 0.5) is 17.6 Å². The lowest BCUT2D eigenvalue weighted by molar-refractivity contribution is -0.140. The maximum atomic E-state index is 13.8. The van der Waals surface area contributed by atoms with E-state index in [0.717, 1.165) is 31.4 Å². The second-order valence-electron chi connectivity index (χ2n) is 5.15. The van der Waals surface area contributed by atoms with Crippen molar-refractivity contribution in [3.8, 4) is 0 Å². The summed E-state index contributed by atoms with van der Waals surface area (Å²) >= 11 is 0. The number of carbonyl (C=O) groups is 1. The molecule has 0 atom stereocenters. The van der Waals surface area contributed by atoms with Crippen LogP contribution in [0.25, 0.3) is 0 Å². The van der Waals surface area contributed by atoms with Gasteiger partial charge in [-0.05, 0) is 30.9 Å². The smallest absolute Gasteiger partial charge is 0.341 e. The molecule has 0 heterocycles. The first-order valence-electron chi connectivity index (χ1n) is 6.42. The molecule has 2 rings (SSSR count). The molecule has 0 unspecified atom stereocenters. The van der Waals surface area contributed by atoms with Crippen molar-refractivity contribution in [3.63, 3.8) is 0 Å². The largest absolute Gasteiger partial charge is 0.419 e. The molecule has 0 radical (unpaired) electrons. The van der Waals surface area contributed by atoms with Crippen LogP contribution in [0.15, 0.2) is 18.2 Å². The van der Waals surface area contributed by atoms with Crippen molar-refractivity contribution in [1.82, 2.24) is 4.90 Å². The van der Waals surface area contributed by atoms with Crippen LogP contribution >= 0.6 is 0 Å². The first-order chi connectivity index (χ1) is 9.30. The zero-order valence-electron chi connectivity index (χ0n) is 11.0. The molecule has 1 aliphatic rings. The van der Waals surface area contributed by atoms with Crippen LogP contribution in [0, 0.1) is 11.7 Å². The molecule has 0 aliphatic heterocycles. The molecular weight excluding hydrogens is 274 g/mol. The fourth-order valence-electron chi connectivity index (χ4n) is 2.27. The molecule has 0 saturated heterocycles. The maximum Gasteiger partial charge on any atom is 0.419 e. The molecule has 0 bridgehead atoms. The fraction of sp³-hybridized carbons (Fsp3) is 0.500. The number of amides is 1. The van der Waals surface area contributed by atoms with E-state index in [2.05, 4.69) is 0 Å².